The minimum absolute atomic E-state index is 0.214. The third-order valence-corrected chi connectivity index (χ3v) is 6.02. The first-order valence-corrected chi connectivity index (χ1v) is 11.3. The van der Waals surface area contributed by atoms with E-state index in [4.69, 9.17) is 4.98 Å². The van der Waals surface area contributed by atoms with E-state index in [9.17, 15) is 4.79 Å². The number of aryl methyl sites for hydroxylation is 2. The van der Waals surface area contributed by atoms with Gasteiger partial charge in [0.25, 0.3) is 0 Å². The molecule has 0 saturated carbocycles. The molecule has 1 aliphatic rings. The molecule has 0 unspecified atom stereocenters. The first-order valence-electron chi connectivity index (χ1n) is 11.3. The predicted molar refractivity (Wildman–Crippen MR) is 122 cm³/mol. The molecule has 0 aliphatic heterocycles. The van der Waals surface area contributed by atoms with Crippen molar-refractivity contribution in [2.24, 2.45) is 0 Å². The zero-order valence-corrected chi connectivity index (χ0v) is 18.2. The fourth-order valence-electron chi connectivity index (χ4n) is 4.52. The second-order valence-corrected chi connectivity index (χ2v) is 8.27. The Morgan fingerprint density at radius 1 is 1.03 bits per heavy atom. The number of nitrogens with zero attached hydrogens (tertiary/aromatic N) is 5. The summed E-state index contributed by atoms with van der Waals surface area (Å²) < 4.78 is 2.14. The van der Waals surface area contributed by atoms with Crippen molar-refractivity contribution in [2.45, 2.75) is 52.0 Å². The number of ketones is 1. The van der Waals surface area contributed by atoms with Crippen LogP contribution in [0.1, 0.15) is 60.2 Å². The smallest absolute Gasteiger partial charge is 0.205 e. The summed E-state index contributed by atoms with van der Waals surface area (Å²) in [6, 6.07) is 16.5. The Hall–Kier alpha value is -3.61. The summed E-state index contributed by atoms with van der Waals surface area (Å²) in [5, 5.41) is 14.8. The quantitative estimate of drug-likeness (QED) is 0.454. The summed E-state index contributed by atoms with van der Waals surface area (Å²) in [6.45, 7) is 2.75. The molecule has 0 saturated heterocycles. The summed E-state index contributed by atoms with van der Waals surface area (Å²) in [7, 11) is 0. The molecule has 0 spiro atoms. The van der Waals surface area contributed by atoms with Gasteiger partial charge in [-0.05, 0) is 53.7 Å². The van der Waals surface area contributed by atoms with Crippen molar-refractivity contribution in [1.82, 2.24) is 30.2 Å². The molecule has 7 nitrogen and oxygen atoms in total. The first-order chi connectivity index (χ1) is 15.7. The number of imidazole rings is 1. The number of Topliss-reactive ketones (excluding diaryl/α,β-unsaturated/α-hetero) is 1. The van der Waals surface area contributed by atoms with Crippen LogP contribution in [0, 0.1) is 0 Å². The lowest BCUT2D eigenvalue weighted by molar-refractivity contribution is 0.0973. The van der Waals surface area contributed by atoms with Crippen LogP contribution in [-0.4, -0.2) is 36.0 Å². The molecular formula is C25H26N6O. The summed E-state index contributed by atoms with van der Waals surface area (Å²) in [5.74, 6) is 1.77. The number of hydrogen-bond acceptors (Lipinski definition) is 5. The average molecular weight is 427 g/mol. The van der Waals surface area contributed by atoms with Gasteiger partial charge in [0.2, 0.25) is 5.82 Å². The Bertz CT molecular complexity index is 1230. The highest BCUT2D eigenvalue weighted by Gasteiger charge is 2.25. The van der Waals surface area contributed by atoms with Gasteiger partial charge in [-0.25, -0.2) is 4.98 Å². The highest BCUT2D eigenvalue weighted by atomic mass is 16.1. The molecule has 2 aromatic heterocycles. The molecule has 0 amide bonds. The maximum atomic E-state index is 12.9. The standard InChI is InChI=1S/C25H26N6O/c1-2-8-23-26-21-11-6-7-12-22(32)24(21)31(23)16-17-13-14-19(18-9-4-3-5-10-18)20(15-17)25-27-29-30-28-25/h3-5,9-10,13-15H,2,6-8,11-12,16H2,1H3,(H,27,28,29,30). The Morgan fingerprint density at radius 2 is 1.88 bits per heavy atom. The monoisotopic (exact) mass is 426 g/mol. The number of H-pyrrole nitrogens is 1. The number of fused-ring (bicyclic) bond motifs is 1. The van der Waals surface area contributed by atoms with Crippen LogP contribution in [0.5, 0.6) is 0 Å². The van der Waals surface area contributed by atoms with Crippen molar-refractivity contribution in [1.29, 1.82) is 0 Å². The molecule has 4 aromatic rings. The molecule has 0 atom stereocenters. The van der Waals surface area contributed by atoms with E-state index in [0.717, 1.165) is 71.6 Å². The number of aromatic amines is 1. The average Bonchev–Trinajstić information content (AvgIpc) is 3.42. The van der Waals surface area contributed by atoms with E-state index in [-0.39, 0.29) is 5.78 Å². The minimum atomic E-state index is 0.214. The zero-order chi connectivity index (χ0) is 21.9. The molecule has 32 heavy (non-hydrogen) atoms. The van der Waals surface area contributed by atoms with Gasteiger partial charge in [0.1, 0.15) is 11.5 Å². The molecular weight excluding hydrogens is 400 g/mol. The van der Waals surface area contributed by atoms with Crippen molar-refractivity contribution in [3.8, 4) is 22.5 Å². The Labute approximate surface area is 186 Å². The van der Waals surface area contributed by atoms with E-state index in [2.05, 4.69) is 62.4 Å². The molecule has 0 bridgehead atoms. The fourth-order valence-corrected chi connectivity index (χ4v) is 4.52. The number of tetrazole rings is 1. The minimum Gasteiger partial charge on any atom is -0.321 e. The number of aromatic nitrogens is 6. The molecule has 162 valence electrons. The van der Waals surface area contributed by atoms with Gasteiger partial charge in [-0.3, -0.25) is 4.79 Å². The molecule has 7 heteroatoms. The van der Waals surface area contributed by atoms with Crippen LogP contribution >= 0.6 is 0 Å². The van der Waals surface area contributed by atoms with E-state index >= 15 is 0 Å². The van der Waals surface area contributed by atoms with E-state index in [1.807, 2.05) is 18.2 Å². The van der Waals surface area contributed by atoms with Crippen LogP contribution in [0.3, 0.4) is 0 Å². The number of nitrogens with one attached hydrogen (secondary N) is 1. The van der Waals surface area contributed by atoms with E-state index in [1.54, 1.807) is 0 Å². The second kappa shape index (κ2) is 8.86. The van der Waals surface area contributed by atoms with Crippen LogP contribution in [0.4, 0.5) is 0 Å². The molecule has 0 fully saturated rings. The summed E-state index contributed by atoms with van der Waals surface area (Å²) in [4.78, 5) is 17.8. The van der Waals surface area contributed by atoms with Gasteiger partial charge >= 0.3 is 0 Å². The van der Waals surface area contributed by atoms with Crippen LogP contribution in [0.15, 0.2) is 48.5 Å². The van der Waals surface area contributed by atoms with Crippen molar-refractivity contribution in [3.63, 3.8) is 0 Å². The van der Waals surface area contributed by atoms with Crippen LogP contribution in [-0.2, 0) is 19.4 Å². The summed E-state index contributed by atoms with van der Waals surface area (Å²) in [5.41, 5.74) is 5.91. The van der Waals surface area contributed by atoms with Gasteiger partial charge in [0.15, 0.2) is 5.78 Å². The Balaban J connectivity index is 1.59. The lowest BCUT2D eigenvalue weighted by Crippen LogP contribution is -2.13. The summed E-state index contributed by atoms with van der Waals surface area (Å²) >= 11 is 0. The first kappa shape index (κ1) is 20.3. The number of carbonyl (C=O) groups excluding carboxylic acids is 1. The molecule has 1 N–H and O–H groups in total. The molecule has 0 radical (unpaired) electrons. The topological polar surface area (TPSA) is 89.3 Å². The molecule has 2 aromatic carbocycles. The molecule has 2 heterocycles. The van der Waals surface area contributed by atoms with E-state index in [0.29, 0.717) is 18.8 Å². The highest BCUT2D eigenvalue weighted by Crippen LogP contribution is 2.32. The van der Waals surface area contributed by atoms with Crippen molar-refractivity contribution >= 4 is 5.78 Å². The van der Waals surface area contributed by atoms with Crippen LogP contribution < -0.4 is 0 Å². The molecule has 5 rings (SSSR count). The fraction of sp³-hybridized carbons (Fsp3) is 0.320. The van der Waals surface area contributed by atoms with Gasteiger partial charge in [-0.15, -0.1) is 10.2 Å². The number of hydrogen-bond donors (Lipinski definition) is 1. The number of benzene rings is 2. The van der Waals surface area contributed by atoms with Crippen molar-refractivity contribution < 1.29 is 4.79 Å². The summed E-state index contributed by atoms with van der Waals surface area (Å²) in [6.07, 6.45) is 5.30. The normalized spacial score (nSPS) is 13.7. The predicted octanol–water partition coefficient (Wildman–Crippen LogP) is 4.64. The SMILES string of the molecule is CCCc1nc2c(n1Cc1ccc(-c3ccccc3)c(-c3nn[nH]n3)c1)C(=O)CCCC2. The lowest BCUT2D eigenvalue weighted by Gasteiger charge is -2.14. The maximum absolute atomic E-state index is 12.9. The van der Waals surface area contributed by atoms with Crippen molar-refractivity contribution in [2.75, 3.05) is 0 Å². The third kappa shape index (κ3) is 3.86. The Morgan fingerprint density at radius 3 is 2.66 bits per heavy atom. The highest BCUT2D eigenvalue weighted by molar-refractivity contribution is 5.96. The molecule has 1 aliphatic carbocycles. The zero-order valence-electron chi connectivity index (χ0n) is 18.2. The number of rotatable bonds is 6. The number of carbonyl (C=O) groups is 1. The third-order valence-electron chi connectivity index (χ3n) is 6.02. The van der Waals surface area contributed by atoms with Crippen LogP contribution in [0.25, 0.3) is 22.5 Å². The van der Waals surface area contributed by atoms with Gasteiger partial charge in [0.05, 0.1) is 5.69 Å². The lowest BCUT2D eigenvalue weighted by atomic mass is 9.97. The van der Waals surface area contributed by atoms with Gasteiger partial charge in [0, 0.05) is 24.9 Å². The van der Waals surface area contributed by atoms with Gasteiger partial charge in [-0.1, -0.05) is 49.4 Å². The van der Waals surface area contributed by atoms with Gasteiger partial charge in [-0.2, -0.15) is 5.21 Å². The van der Waals surface area contributed by atoms with E-state index in [1.165, 1.54) is 0 Å². The maximum Gasteiger partial charge on any atom is 0.205 e. The van der Waals surface area contributed by atoms with Crippen molar-refractivity contribution in [3.05, 3.63) is 71.3 Å². The second-order valence-electron chi connectivity index (χ2n) is 8.27. The van der Waals surface area contributed by atoms with Crippen LogP contribution in [0.2, 0.25) is 0 Å². The Kier molecular flexibility index (Phi) is 5.62. The largest absolute Gasteiger partial charge is 0.321 e. The van der Waals surface area contributed by atoms with E-state index < -0.39 is 0 Å². The van der Waals surface area contributed by atoms with Gasteiger partial charge < -0.3 is 4.57 Å².